The van der Waals surface area contributed by atoms with Crippen molar-refractivity contribution in [2.45, 2.75) is 6.36 Å². The highest BCUT2D eigenvalue weighted by molar-refractivity contribution is 5.84. The quantitative estimate of drug-likeness (QED) is 0.673. The molecule has 2 heterocycles. The van der Waals surface area contributed by atoms with Gasteiger partial charge in [0, 0.05) is 24.4 Å². The average Bonchev–Trinajstić information content (AvgIpc) is 2.95. The van der Waals surface area contributed by atoms with Gasteiger partial charge >= 0.3 is 6.36 Å². The van der Waals surface area contributed by atoms with Crippen molar-refractivity contribution in [1.82, 2.24) is 14.5 Å². The summed E-state index contributed by atoms with van der Waals surface area (Å²) in [4.78, 5) is 19.6. The zero-order chi connectivity index (χ0) is 18.0. The number of rotatable bonds is 4. The predicted octanol–water partition coefficient (Wildman–Crippen LogP) is 3.86. The lowest BCUT2D eigenvalue weighted by Gasteiger charge is -2.10. The molecule has 0 saturated carbocycles. The van der Waals surface area contributed by atoms with Crippen LogP contribution in [-0.4, -0.2) is 27.2 Å². The Kier molecular flexibility index (Phi) is 4.26. The number of nitrogens with zero attached hydrogens (tertiary/aromatic N) is 3. The molecule has 0 aliphatic rings. The van der Waals surface area contributed by atoms with Gasteiger partial charge in [-0.1, -0.05) is 0 Å². The molecule has 0 spiro atoms. The van der Waals surface area contributed by atoms with Crippen LogP contribution in [0.3, 0.4) is 0 Å². The van der Waals surface area contributed by atoms with Crippen molar-refractivity contribution in [3.63, 3.8) is 0 Å². The Labute approximate surface area is 140 Å². The number of carbonyl (C=O) groups excluding carboxylic acids is 1. The number of benzene rings is 1. The minimum atomic E-state index is -4.73. The number of halogens is 3. The van der Waals surface area contributed by atoms with E-state index < -0.39 is 6.36 Å². The van der Waals surface area contributed by atoms with Crippen LogP contribution >= 0.6 is 0 Å². The highest BCUT2D eigenvalue weighted by Crippen LogP contribution is 2.29. The van der Waals surface area contributed by atoms with Crippen LogP contribution in [0.5, 0.6) is 5.75 Å². The first-order valence-corrected chi connectivity index (χ1v) is 7.17. The fourth-order valence-electron chi connectivity index (χ4n) is 2.42. The molecule has 128 valence electrons. The Morgan fingerprint density at radius 2 is 1.84 bits per heavy atom. The van der Waals surface area contributed by atoms with E-state index in [0.29, 0.717) is 34.6 Å². The highest BCUT2D eigenvalue weighted by Gasteiger charge is 2.31. The Hall–Kier alpha value is -3.16. The van der Waals surface area contributed by atoms with Crippen molar-refractivity contribution in [3.05, 3.63) is 54.4 Å². The second-order valence-electron chi connectivity index (χ2n) is 5.16. The maximum absolute atomic E-state index is 12.2. The number of aldehydes is 1. The highest BCUT2D eigenvalue weighted by atomic mass is 19.4. The topological polar surface area (TPSA) is 57.0 Å². The fraction of sp³-hybridized carbons (Fsp3) is 0.118. The second kappa shape index (κ2) is 6.39. The van der Waals surface area contributed by atoms with E-state index in [1.807, 2.05) is 0 Å². The Bertz CT molecular complexity index is 902. The van der Waals surface area contributed by atoms with Gasteiger partial charge in [0.2, 0.25) is 0 Å². The third-order valence-electron chi connectivity index (χ3n) is 3.55. The summed E-state index contributed by atoms with van der Waals surface area (Å²) in [5, 5.41) is 0. The number of pyridine rings is 1. The van der Waals surface area contributed by atoms with Gasteiger partial charge in [-0.05, 0) is 36.4 Å². The summed E-state index contributed by atoms with van der Waals surface area (Å²) in [6.07, 6.45) is -0.913. The zero-order valence-electron chi connectivity index (χ0n) is 13.0. The summed E-state index contributed by atoms with van der Waals surface area (Å²) < 4.78 is 42.2. The number of hydrogen-bond acceptors (Lipinski definition) is 4. The van der Waals surface area contributed by atoms with Crippen LogP contribution in [0, 0.1) is 0 Å². The Morgan fingerprint density at radius 1 is 1.12 bits per heavy atom. The molecular formula is C17H12F3N3O2. The van der Waals surface area contributed by atoms with Crippen LogP contribution in [0.1, 0.15) is 10.4 Å². The minimum absolute atomic E-state index is 0.299. The van der Waals surface area contributed by atoms with Crippen molar-refractivity contribution in [2.75, 3.05) is 0 Å². The Morgan fingerprint density at radius 3 is 2.48 bits per heavy atom. The molecule has 0 bridgehead atoms. The van der Waals surface area contributed by atoms with E-state index in [1.54, 1.807) is 36.1 Å². The molecule has 0 aliphatic carbocycles. The summed E-state index contributed by atoms with van der Waals surface area (Å²) in [6, 6.07) is 8.74. The molecule has 0 amide bonds. The largest absolute Gasteiger partial charge is 0.573 e. The molecule has 3 aromatic rings. The number of aromatic nitrogens is 3. The van der Waals surface area contributed by atoms with Gasteiger partial charge in [-0.2, -0.15) is 0 Å². The summed E-state index contributed by atoms with van der Waals surface area (Å²) in [5.41, 5.74) is 2.15. The number of ether oxygens (including phenoxy) is 1. The van der Waals surface area contributed by atoms with Gasteiger partial charge in [0.1, 0.15) is 11.4 Å². The normalized spacial score (nSPS) is 11.4. The lowest BCUT2D eigenvalue weighted by molar-refractivity contribution is -0.274. The third kappa shape index (κ3) is 3.52. The summed E-state index contributed by atoms with van der Waals surface area (Å²) in [7, 11) is 1.74. The fourth-order valence-corrected chi connectivity index (χ4v) is 2.42. The van der Waals surface area contributed by atoms with E-state index in [0.717, 1.165) is 0 Å². The van der Waals surface area contributed by atoms with Gasteiger partial charge < -0.3 is 9.30 Å². The summed E-state index contributed by atoms with van der Waals surface area (Å²) in [6.45, 7) is 0. The molecule has 25 heavy (non-hydrogen) atoms. The minimum Gasteiger partial charge on any atom is -0.406 e. The standard InChI is InChI=1S/C17H12F3N3O2/c1-23-14(11-4-6-13(7-5-11)25-17(18,19)20)9-22-16(23)15-12(10-24)3-2-8-21-15/h2-10H,1H3. The Balaban J connectivity index is 1.95. The molecule has 3 rings (SSSR count). The van der Waals surface area contributed by atoms with E-state index in [4.69, 9.17) is 0 Å². The van der Waals surface area contributed by atoms with Crippen LogP contribution in [0.25, 0.3) is 22.8 Å². The van der Waals surface area contributed by atoms with Crippen LogP contribution < -0.4 is 4.74 Å². The van der Waals surface area contributed by atoms with Crippen molar-refractivity contribution in [1.29, 1.82) is 0 Å². The van der Waals surface area contributed by atoms with Gasteiger partial charge in [0.15, 0.2) is 12.1 Å². The van der Waals surface area contributed by atoms with Gasteiger partial charge in [0.05, 0.1) is 11.9 Å². The van der Waals surface area contributed by atoms with Gasteiger partial charge in [-0.3, -0.25) is 9.78 Å². The van der Waals surface area contributed by atoms with E-state index in [2.05, 4.69) is 14.7 Å². The molecule has 0 unspecified atom stereocenters. The van der Waals surface area contributed by atoms with Gasteiger partial charge in [-0.15, -0.1) is 13.2 Å². The molecule has 1 aromatic carbocycles. The van der Waals surface area contributed by atoms with E-state index in [1.165, 1.54) is 24.3 Å². The number of carbonyl (C=O) groups is 1. The van der Waals surface area contributed by atoms with Crippen LogP contribution in [-0.2, 0) is 7.05 Å². The predicted molar refractivity (Wildman–Crippen MR) is 83.9 cm³/mol. The van der Waals surface area contributed by atoms with Crippen molar-refractivity contribution >= 4 is 6.29 Å². The number of imidazole rings is 1. The van der Waals surface area contributed by atoms with E-state index in [-0.39, 0.29) is 5.75 Å². The molecule has 5 nitrogen and oxygen atoms in total. The molecule has 0 radical (unpaired) electrons. The first kappa shape index (κ1) is 16.7. The zero-order valence-corrected chi connectivity index (χ0v) is 13.0. The molecular weight excluding hydrogens is 335 g/mol. The van der Waals surface area contributed by atoms with Crippen LogP contribution in [0.15, 0.2) is 48.8 Å². The SMILES string of the molecule is Cn1c(-c2ccc(OC(F)(F)F)cc2)cnc1-c1ncccc1C=O. The lowest BCUT2D eigenvalue weighted by Crippen LogP contribution is -2.16. The molecule has 0 fully saturated rings. The van der Waals surface area contributed by atoms with Crippen LogP contribution in [0.4, 0.5) is 13.2 Å². The second-order valence-corrected chi connectivity index (χ2v) is 5.16. The first-order valence-electron chi connectivity index (χ1n) is 7.17. The molecule has 0 atom stereocenters. The number of hydrogen-bond donors (Lipinski definition) is 0. The van der Waals surface area contributed by atoms with Crippen LogP contribution in [0.2, 0.25) is 0 Å². The van der Waals surface area contributed by atoms with Gasteiger partial charge in [-0.25, -0.2) is 4.98 Å². The van der Waals surface area contributed by atoms with Crippen molar-refractivity contribution in [2.24, 2.45) is 7.05 Å². The molecule has 8 heteroatoms. The molecule has 0 aliphatic heterocycles. The summed E-state index contributed by atoms with van der Waals surface area (Å²) in [5.74, 6) is 0.180. The third-order valence-corrected chi connectivity index (χ3v) is 3.55. The van der Waals surface area contributed by atoms with E-state index >= 15 is 0 Å². The molecule has 2 aromatic heterocycles. The van der Waals surface area contributed by atoms with Gasteiger partial charge in [0.25, 0.3) is 0 Å². The average molecular weight is 347 g/mol. The molecule has 0 N–H and O–H groups in total. The summed E-state index contributed by atoms with van der Waals surface area (Å²) >= 11 is 0. The van der Waals surface area contributed by atoms with Crippen molar-refractivity contribution in [3.8, 4) is 28.5 Å². The van der Waals surface area contributed by atoms with Crippen molar-refractivity contribution < 1.29 is 22.7 Å². The van der Waals surface area contributed by atoms with E-state index in [9.17, 15) is 18.0 Å². The first-order chi connectivity index (χ1) is 11.9. The lowest BCUT2D eigenvalue weighted by atomic mass is 10.1. The maximum atomic E-state index is 12.2. The molecule has 0 saturated heterocycles. The monoisotopic (exact) mass is 347 g/mol. The smallest absolute Gasteiger partial charge is 0.406 e. The number of alkyl halides is 3. The maximum Gasteiger partial charge on any atom is 0.573 e.